The van der Waals surface area contributed by atoms with Crippen LogP contribution in [0.3, 0.4) is 0 Å². The molecule has 0 unspecified atom stereocenters. The van der Waals surface area contributed by atoms with E-state index in [9.17, 15) is 0 Å². The van der Waals surface area contributed by atoms with E-state index in [0.29, 0.717) is 0 Å². The van der Waals surface area contributed by atoms with Crippen molar-refractivity contribution in [2.75, 3.05) is 21.1 Å². The summed E-state index contributed by atoms with van der Waals surface area (Å²) in [7, 11) is 6.29. The van der Waals surface area contributed by atoms with Crippen molar-refractivity contribution < 1.29 is 3.50 Å². The van der Waals surface area contributed by atoms with Gasteiger partial charge in [0.05, 0.1) is 0 Å². The quantitative estimate of drug-likeness (QED) is 0.397. The first-order chi connectivity index (χ1) is 2.00. The molecular weight excluding hydrogens is 129 g/mol. The first-order valence-electron chi connectivity index (χ1n) is 1.54. The Kier molecular flexibility index (Phi) is 1.42. The molecule has 0 atom stereocenters. The summed E-state index contributed by atoms with van der Waals surface area (Å²) in [6, 6.07) is 0. The molecule has 0 saturated heterocycles. The van der Waals surface area contributed by atoms with Gasteiger partial charge in [0.25, 0.3) is 0 Å². The zero-order valence-electron chi connectivity index (χ0n) is 3.89. The van der Waals surface area contributed by atoms with Crippen molar-refractivity contribution in [3.63, 3.8) is 0 Å². The monoisotopic (exact) mass is 140 g/mol. The molecule has 0 heterocycles. The molecule has 0 aliphatic rings. The molecule has 32 valence electrons. The van der Waals surface area contributed by atoms with E-state index in [4.69, 9.17) is 0 Å². The van der Waals surface area contributed by atoms with Gasteiger partial charge in [-0.05, 0) is 0 Å². The molecule has 0 aromatic carbocycles. The molecule has 0 aliphatic carbocycles. The zero-order chi connectivity index (χ0) is 4.50. The second-order valence-corrected chi connectivity index (χ2v) is 4.46. The number of hydrogen-bond acceptors (Lipinski definition) is 0. The Bertz CT molecular complexity index is 22.4. The van der Waals surface area contributed by atoms with Crippen LogP contribution in [0.1, 0.15) is 0 Å². The van der Waals surface area contributed by atoms with Crippen LogP contribution in [-0.2, 0) is 0 Å². The van der Waals surface area contributed by atoms with Crippen molar-refractivity contribution in [2.24, 2.45) is 0 Å². The summed E-state index contributed by atoms with van der Waals surface area (Å²) in [4.78, 5) is 0. The Morgan fingerprint density at radius 3 is 1.20 bits per heavy atom. The SMILES string of the molecule is C[N+](C)(C)[SeH]. The predicted molar refractivity (Wildman–Crippen MR) is 25.2 cm³/mol. The number of quaternary nitrogens is 1. The maximum atomic E-state index is 2.52. The summed E-state index contributed by atoms with van der Waals surface area (Å²) >= 11 is 2.52. The van der Waals surface area contributed by atoms with E-state index in [-0.39, 0.29) is 0 Å². The van der Waals surface area contributed by atoms with Crippen LogP contribution < -0.4 is 0 Å². The Balaban J connectivity index is 3.02. The molecular formula is C3H10NSe+. The van der Waals surface area contributed by atoms with E-state index in [2.05, 4.69) is 37.4 Å². The number of rotatable bonds is 0. The van der Waals surface area contributed by atoms with Crippen LogP contribution >= 0.6 is 0 Å². The van der Waals surface area contributed by atoms with Crippen molar-refractivity contribution in [1.82, 2.24) is 0 Å². The Hall–Kier alpha value is 0.479. The molecule has 0 spiro atoms. The summed E-state index contributed by atoms with van der Waals surface area (Å²) < 4.78 is 0.938. The second-order valence-electron chi connectivity index (χ2n) is 1.94. The summed E-state index contributed by atoms with van der Waals surface area (Å²) in [6.07, 6.45) is 0. The standard InChI is InChI=1S/C3H10NSe/c1-4(2,3)5/h5H,1-3H3/q+1. The molecule has 1 nitrogen and oxygen atoms in total. The van der Waals surface area contributed by atoms with Gasteiger partial charge in [-0.1, -0.05) is 0 Å². The van der Waals surface area contributed by atoms with Crippen molar-refractivity contribution >= 4 is 16.2 Å². The van der Waals surface area contributed by atoms with Gasteiger partial charge in [0, 0.05) is 0 Å². The van der Waals surface area contributed by atoms with Crippen molar-refractivity contribution in [3.05, 3.63) is 0 Å². The van der Waals surface area contributed by atoms with E-state index in [0.717, 1.165) is 3.50 Å². The fourth-order valence-corrected chi connectivity index (χ4v) is 0. The summed E-state index contributed by atoms with van der Waals surface area (Å²) in [5, 5.41) is 0. The minimum atomic E-state index is 0.938. The molecule has 2 heteroatoms. The van der Waals surface area contributed by atoms with Gasteiger partial charge in [-0.2, -0.15) is 0 Å². The van der Waals surface area contributed by atoms with E-state index in [1.54, 1.807) is 0 Å². The van der Waals surface area contributed by atoms with Crippen LogP contribution in [0, 0.1) is 0 Å². The van der Waals surface area contributed by atoms with Gasteiger partial charge in [0.1, 0.15) is 0 Å². The van der Waals surface area contributed by atoms with Gasteiger partial charge in [-0.25, -0.2) is 0 Å². The molecule has 0 bridgehead atoms. The van der Waals surface area contributed by atoms with Gasteiger partial charge in [0.2, 0.25) is 0 Å². The Morgan fingerprint density at radius 2 is 1.20 bits per heavy atom. The van der Waals surface area contributed by atoms with Gasteiger partial charge in [-0.3, -0.25) is 0 Å². The summed E-state index contributed by atoms with van der Waals surface area (Å²) in [5.41, 5.74) is 0. The van der Waals surface area contributed by atoms with Crippen LogP contribution in [0.4, 0.5) is 0 Å². The van der Waals surface area contributed by atoms with Crippen molar-refractivity contribution in [2.45, 2.75) is 0 Å². The molecule has 0 radical (unpaired) electrons. The van der Waals surface area contributed by atoms with Crippen molar-refractivity contribution in [1.29, 1.82) is 0 Å². The number of nitrogens with zero attached hydrogens (tertiary/aromatic N) is 1. The van der Waals surface area contributed by atoms with Gasteiger partial charge in [0.15, 0.2) is 0 Å². The Morgan fingerprint density at radius 1 is 1.20 bits per heavy atom. The third kappa shape index (κ3) is 120. The fourth-order valence-electron chi connectivity index (χ4n) is 0. The topological polar surface area (TPSA) is 0 Å². The van der Waals surface area contributed by atoms with Crippen LogP contribution in [-0.4, -0.2) is 40.9 Å². The van der Waals surface area contributed by atoms with Crippen LogP contribution in [0.15, 0.2) is 0 Å². The van der Waals surface area contributed by atoms with E-state index < -0.39 is 0 Å². The summed E-state index contributed by atoms with van der Waals surface area (Å²) in [6.45, 7) is 0. The van der Waals surface area contributed by atoms with E-state index >= 15 is 0 Å². The molecule has 0 aromatic rings. The normalized spacial score (nSPS) is 12.0. The van der Waals surface area contributed by atoms with Gasteiger partial charge >= 0.3 is 40.9 Å². The molecule has 0 N–H and O–H groups in total. The summed E-state index contributed by atoms with van der Waals surface area (Å²) in [5.74, 6) is 0. The third-order valence-electron chi connectivity index (χ3n) is 0. The average molecular weight is 139 g/mol. The zero-order valence-corrected chi connectivity index (χ0v) is 5.77. The molecule has 0 aliphatic heterocycles. The van der Waals surface area contributed by atoms with E-state index in [1.165, 1.54) is 0 Å². The Labute approximate surface area is 41.6 Å². The molecule has 0 saturated carbocycles. The first kappa shape index (κ1) is 5.48. The molecule has 5 heavy (non-hydrogen) atoms. The molecule has 0 aromatic heterocycles. The van der Waals surface area contributed by atoms with Crippen LogP contribution in [0.25, 0.3) is 0 Å². The average Bonchev–Trinajstić information content (AvgIpc) is 0.722. The molecule has 0 fully saturated rings. The first-order valence-corrected chi connectivity index (χ1v) is 2.38. The molecule has 0 rings (SSSR count). The van der Waals surface area contributed by atoms with E-state index in [1.807, 2.05) is 0 Å². The number of hydrogen-bond donors (Lipinski definition) is 0. The minimum absolute atomic E-state index is 0.938. The van der Waals surface area contributed by atoms with Crippen molar-refractivity contribution in [3.8, 4) is 0 Å². The maximum absolute atomic E-state index is 2.52. The fraction of sp³-hybridized carbons (Fsp3) is 1.00. The van der Waals surface area contributed by atoms with Gasteiger partial charge in [-0.15, -0.1) is 0 Å². The van der Waals surface area contributed by atoms with Crippen LogP contribution in [0.2, 0.25) is 0 Å². The van der Waals surface area contributed by atoms with Crippen LogP contribution in [0.5, 0.6) is 0 Å². The van der Waals surface area contributed by atoms with Gasteiger partial charge < -0.3 is 0 Å². The molecule has 0 amide bonds. The third-order valence-corrected chi connectivity index (χ3v) is 0. The second kappa shape index (κ2) is 1.29. The predicted octanol–water partition coefficient (Wildman–Crippen LogP) is -0.492.